The molecular weight excluding hydrogens is 208 g/mol. The highest BCUT2D eigenvalue weighted by molar-refractivity contribution is 6.02. The van der Waals surface area contributed by atoms with Crippen LogP contribution >= 0.6 is 0 Å². The second-order valence-corrected chi connectivity index (χ2v) is 4.30. The van der Waals surface area contributed by atoms with Gasteiger partial charge in [0.25, 0.3) is 0 Å². The second kappa shape index (κ2) is 5.13. The van der Waals surface area contributed by atoms with Crippen molar-refractivity contribution in [1.29, 1.82) is 0 Å². The molecule has 0 aliphatic rings. The van der Waals surface area contributed by atoms with Gasteiger partial charge in [-0.1, -0.05) is 49.7 Å². The van der Waals surface area contributed by atoms with Crippen LogP contribution < -0.4 is 0 Å². The zero-order valence-electron chi connectivity index (χ0n) is 10.4. The van der Waals surface area contributed by atoms with Gasteiger partial charge in [0.05, 0.1) is 0 Å². The van der Waals surface area contributed by atoms with E-state index >= 15 is 0 Å². The minimum Gasteiger partial charge on any atom is -0.295 e. The molecule has 0 saturated heterocycles. The van der Waals surface area contributed by atoms with Gasteiger partial charge in [-0.05, 0) is 36.1 Å². The largest absolute Gasteiger partial charge is 0.295 e. The van der Waals surface area contributed by atoms with Crippen LogP contribution in [0, 0.1) is 6.42 Å². The topological polar surface area (TPSA) is 17.1 Å². The Morgan fingerprint density at radius 3 is 2.65 bits per heavy atom. The van der Waals surface area contributed by atoms with E-state index in [1.807, 2.05) is 24.3 Å². The summed E-state index contributed by atoms with van der Waals surface area (Å²) in [6.07, 6.45) is 4.29. The molecule has 0 spiro atoms. The van der Waals surface area contributed by atoms with Crippen LogP contribution in [0.1, 0.15) is 42.6 Å². The van der Waals surface area contributed by atoms with E-state index in [4.69, 9.17) is 0 Å². The Morgan fingerprint density at radius 1 is 1.18 bits per heavy atom. The Labute approximate surface area is 102 Å². The van der Waals surface area contributed by atoms with Crippen LogP contribution in [-0.2, 0) is 0 Å². The predicted molar refractivity (Wildman–Crippen MR) is 72.3 cm³/mol. The van der Waals surface area contributed by atoms with Gasteiger partial charge in [0, 0.05) is 5.56 Å². The SMILES string of the molecule is CCC[CH]c1c(C(C)=O)ccc2ccccc12. The molecule has 0 saturated carbocycles. The van der Waals surface area contributed by atoms with Gasteiger partial charge in [0.2, 0.25) is 0 Å². The number of hydrogen-bond acceptors (Lipinski definition) is 1. The summed E-state index contributed by atoms with van der Waals surface area (Å²) in [5.41, 5.74) is 1.93. The van der Waals surface area contributed by atoms with Gasteiger partial charge in [-0.15, -0.1) is 0 Å². The van der Waals surface area contributed by atoms with Crippen LogP contribution in [0.5, 0.6) is 0 Å². The summed E-state index contributed by atoms with van der Waals surface area (Å²) in [7, 11) is 0. The molecule has 2 aromatic carbocycles. The normalized spacial score (nSPS) is 10.7. The van der Waals surface area contributed by atoms with Gasteiger partial charge in [-0.3, -0.25) is 4.79 Å². The maximum absolute atomic E-state index is 11.7. The smallest absolute Gasteiger partial charge is 0.160 e. The third kappa shape index (κ3) is 2.38. The molecule has 0 N–H and O–H groups in total. The van der Waals surface area contributed by atoms with Crippen LogP contribution in [0.4, 0.5) is 0 Å². The highest BCUT2D eigenvalue weighted by Crippen LogP contribution is 2.25. The summed E-state index contributed by atoms with van der Waals surface area (Å²) >= 11 is 0. The number of benzene rings is 2. The lowest BCUT2D eigenvalue weighted by Crippen LogP contribution is -1.99. The fraction of sp³-hybridized carbons (Fsp3) is 0.250. The summed E-state index contributed by atoms with van der Waals surface area (Å²) in [4.78, 5) is 11.7. The average molecular weight is 225 g/mol. The van der Waals surface area contributed by atoms with Crippen LogP contribution in [-0.4, -0.2) is 5.78 Å². The van der Waals surface area contributed by atoms with Crippen LogP contribution in [0.25, 0.3) is 10.8 Å². The molecule has 0 aromatic heterocycles. The van der Waals surface area contributed by atoms with Gasteiger partial charge in [0.15, 0.2) is 5.78 Å². The lowest BCUT2D eigenvalue weighted by molar-refractivity contribution is 0.101. The van der Waals surface area contributed by atoms with E-state index in [-0.39, 0.29) is 5.78 Å². The fourth-order valence-electron chi connectivity index (χ4n) is 2.11. The summed E-state index contributed by atoms with van der Waals surface area (Å²) in [6.45, 7) is 3.78. The molecule has 0 amide bonds. The molecule has 0 bridgehead atoms. The number of hydrogen-bond donors (Lipinski definition) is 0. The first-order valence-corrected chi connectivity index (χ1v) is 6.10. The van der Waals surface area contributed by atoms with E-state index in [9.17, 15) is 4.79 Å². The summed E-state index contributed by atoms with van der Waals surface area (Å²) in [5, 5.41) is 2.37. The fourth-order valence-corrected chi connectivity index (χ4v) is 2.11. The molecule has 17 heavy (non-hydrogen) atoms. The lowest BCUT2D eigenvalue weighted by atomic mass is 9.93. The second-order valence-electron chi connectivity index (χ2n) is 4.30. The summed E-state index contributed by atoms with van der Waals surface area (Å²) in [5.74, 6) is 0.137. The molecular formula is C16H17O. The van der Waals surface area contributed by atoms with Gasteiger partial charge in [-0.2, -0.15) is 0 Å². The van der Waals surface area contributed by atoms with Crippen molar-refractivity contribution in [2.75, 3.05) is 0 Å². The highest BCUT2D eigenvalue weighted by atomic mass is 16.1. The third-order valence-electron chi connectivity index (χ3n) is 2.99. The molecule has 0 aliphatic heterocycles. The van der Waals surface area contributed by atoms with Gasteiger partial charge in [0.1, 0.15) is 0 Å². The summed E-state index contributed by atoms with van der Waals surface area (Å²) in [6, 6.07) is 12.2. The van der Waals surface area contributed by atoms with E-state index < -0.39 is 0 Å². The van der Waals surface area contributed by atoms with E-state index in [0.717, 1.165) is 24.0 Å². The Morgan fingerprint density at radius 2 is 1.94 bits per heavy atom. The van der Waals surface area contributed by atoms with Gasteiger partial charge < -0.3 is 0 Å². The van der Waals surface area contributed by atoms with E-state index in [0.29, 0.717) is 0 Å². The molecule has 1 heteroatoms. The first-order valence-electron chi connectivity index (χ1n) is 6.10. The predicted octanol–water partition coefficient (Wildman–Crippen LogP) is 4.39. The van der Waals surface area contributed by atoms with Gasteiger partial charge in [-0.25, -0.2) is 0 Å². The molecule has 0 atom stereocenters. The van der Waals surface area contributed by atoms with Crippen molar-refractivity contribution in [3.05, 3.63) is 53.9 Å². The number of Topliss-reactive ketones (excluding diaryl/α,β-unsaturated/α-hetero) is 1. The Balaban J connectivity index is 2.61. The number of carbonyl (C=O) groups is 1. The quantitative estimate of drug-likeness (QED) is 0.705. The number of carbonyl (C=O) groups excluding carboxylic acids is 1. The van der Waals surface area contributed by atoms with Gasteiger partial charge >= 0.3 is 0 Å². The first kappa shape index (κ1) is 11.8. The standard InChI is InChI=1S/C16H17O/c1-3-4-8-16-14(12(2)17)11-10-13-7-5-6-9-15(13)16/h5-11H,3-4H2,1-2H3. The third-order valence-corrected chi connectivity index (χ3v) is 2.99. The van der Waals surface area contributed by atoms with E-state index in [2.05, 4.69) is 25.5 Å². The molecule has 1 nitrogen and oxygen atoms in total. The first-order chi connectivity index (χ1) is 8.24. The number of fused-ring (bicyclic) bond motifs is 1. The maximum Gasteiger partial charge on any atom is 0.160 e. The average Bonchev–Trinajstić information content (AvgIpc) is 2.35. The molecule has 0 fully saturated rings. The molecule has 0 heterocycles. The number of rotatable bonds is 4. The Bertz CT molecular complexity index is 540. The molecule has 0 unspecified atom stereocenters. The molecule has 2 rings (SSSR count). The monoisotopic (exact) mass is 225 g/mol. The van der Waals surface area contributed by atoms with E-state index in [1.165, 1.54) is 10.8 Å². The lowest BCUT2D eigenvalue weighted by Gasteiger charge is -2.10. The molecule has 1 radical (unpaired) electrons. The number of ketones is 1. The summed E-state index contributed by atoms with van der Waals surface area (Å²) < 4.78 is 0. The highest BCUT2D eigenvalue weighted by Gasteiger charge is 2.10. The van der Waals surface area contributed by atoms with Crippen molar-refractivity contribution < 1.29 is 4.79 Å². The zero-order valence-corrected chi connectivity index (χ0v) is 10.4. The molecule has 2 aromatic rings. The minimum absolute atomic E-state index is 0.137. The van der Waals surface area contributed by atoms with Crippen molar-refractivity contribution in [1.82, 2.24) is 0 Å². The molecule has 87 valence electrons. The van der Waals surface area contributed by atoms with Crippen molar-refractivity contribution >= 4 is 16.6 Å². The maximum atomic E-state index is 11.7. The van der Waals surface area contributed by atoms with E-state index in [1.54, 1.807) is 6.92 Å². The van der Waals surface area contributed by atoms with Crippen molar-refractivity contribution in [2.24, 2.45) is 0 Å². The minimum atomic E-state index is 0.137. The van der Waals surface area contributed by atoms with Crippen molar-refractivity contribution in [2.45, 2.75) is 26.7 Å². The zero-order chi connectivity index (χ0) is 12.3. The molecule has 0 aliphatic carbocycles. The Kier molecular flexibility index (Phi) is 3.58. The van der Waals surface area contributed by atoms with Crippen LogP contribution in [0.2, 0.25) is 0 Å². The number of unbranched alkanes of at least 4 members (excludes halogenated alkanes) is 1. The van der Waals surface area contributed by atoms with Crippen LogP contribution in [0.15, 0.2) is 36.4 Å². The van der Waals surface area contributed by atoms with Crippen molar-refractivity contribution in [3.63, 3.8) is 0 Å². The van der Waals surface area contributed by atoms with Crippen molar-refractivity contribution in [3.8, 4) is 0 Å². The van der Waals surface area contributed by atoms with Crippen LogP contribution in [0.3, 0.4) is 0 Å². The Hall–Kier alpha value is -1.63.